The molecule has 0 aromatic heterocycles. The molecule has 1 aromatic carbocycles. The predicted octanol–water partition coefficient (Wildman–Crippen LogP) is 4.51. The van der Waals surface area contributed by atoms with E-state index in [9.17, 15) is 13.2 Å². The van der Waals surface area contributed by atoms with Crippen LogP contribution in [0.25, 0.3) is 0 Å². The number of hydrogen-bond donors (Lipinski definition) is 3. The maximum atomic E-state index is 12.0. The second-order valence-corrected chi connectivity index (χ2v) is 10.7. The first-order valence-electron chi connectivity index (χ1n) is 9.64. The fourth-order valence-corrected chi connectivity index (χ4v) is 5.22. The van der Waals surface area contributed by atoms with Crippen LogP contribution in [0.2, 0.25) is 10.0 Å². The van der Waals surface area contributed by atoms with Crippen LogP contribution in [0, 0.1) is 5.92 Å². The fourth-order valence-electron chi connectivity index (χ4n) is 3.65. The third-order valence-corrected chi connectivity index (χ3v) is 7.69. The van der Waals surface area contributed by atoms with E-state index in [0.717, 1.165) is 30.7 Å². The maximum Gasteiger partial charge on any atom is 0.304 e. The van der Waals surface area contributed by atoms with Crippen LogP contribution >= 0.6 is 35.8 Å². The Morgan fingerprint density at radius 2 is 2.10 bits per heavy atom. The number of fused-ring (bicyclic) bond motifs is 1. The third kappa shape index (κ3) is 7.20. The van der Waals surface area contributed by atoms with Crippen molar-refractivity contribution in [2.75, 3.05) is 19.3 Å². The molecule has 1 unspecified atom stereocenters. The Bertz CT molecular complexity index is 1000. The number of carbonyl (C=O) groups is 1. The van der Waals surface area contributed by atoms with Crippen molar-refractivity contribution in [3.05, 3.63) is 62.8 Å². The van der Waals surface area contributed by atoms with Gasteiger partial charge in [-0.2, -0.15) is 0 Å². The molecule has 0 amide bonds. The molecule has 3 N–H and O–H groups in total. The summed E-state index contributed by atoms with van der Waals surface area (Å²) in [4.78, 5) is 14.2. The number of rotatable bonds is 5. The molecular weight excluding hydrogens is 479 g/mol. The molecule has 6 nitrogen and oxygen atoms in total. The molecule has 3 rings (SSSR count). The molecule has 0 bridgehead atoms. The molecule has 0 saturated carbocycles. The summed E-state index contributed by atoms with van der Waals surface area (Å²) in [7, 11) is -3.32. The van der Waals surface area contributed by atoms with Gasteiger partial charge in [0.25, 0.3) is 0 Å². The lowest BCUT2D eigenvalue weighted by atomic mass is 9.92. The van der Waals surface area contributed by atoms with Gasteiger partial charge >= 0.3 is 5.97 Å². The van der Waals surface area contributed by atoms with E-state index in [1.54, 1.807) is 24.3 Å². The number of piperidine rings is 1. The number of benzene rings is 1. The molecule has 10 heteroatoms. The number of hydrogen-bond acceptors (Lipinski definition) is 6. The second-order valence-electron chi connectivity index (χ2n) is 7.35. The Morgan fingerprint density at radius 3 is 2.65 bits per heavy atom. The van der Waals surface area contributed by atoms with E-state index in [2.05, 4.69) is 17.5 Å². The van der Waals surface area contributed by atoms with Gasteiger partial charge < -0.3 is 15.7 Å². The normalized spacial score (nSPS) is 20.1. The number of carboxylic acids is 1. The zero-order valence-corrected chi connectivity index (χ0v) is 20.3. The summed E-state index contributed by atoms with van der Waals surface area (Å²) in [5, 5.41) is 10.1. The highest BCUT2D eigenvalue weighted by Crippen LogP contribution is 2.37. The minimum atomic E-state index is -3.32. The van der Waals surface area contributed by atoms with Crippen molar-refractivity contribution in [2.45, 2.75) is 30.6 Å². The van der Waals surface area contributed by atoms with Crippen LogP contribution in [0.4, 0.5) is 0 Å². The van der Waals surface area contributed by atoms with Crippen molar-refractivity contribution in [3.63, 3.8) is 0 Å². The Kier molecular flexibility index (Phi) is 9.36. The van der Waals surface area contributed by atoms with Crippen LogP contribution in [0.15, 0.2) is 57.6 Å². The molecule has 0 aliphatic carbocycles. The molecule has 0 spiro atoms. The van der Waals surface area contributed by atoms with E-state index < -0.39 is 15.8 Å². The van der Waals surface area contributed by atoms with E-state index in [0.29, 0.717) is 26.4 Å². The first kappa shape index (κ1) is 25.6. The Morgan fingerprint density at radius 1 is 1.39 bits per heavy atom. The lowest BCUT2D eigenvalue weighted by Gasteiger charge is -2.32. The number of aliphatic carboxylic acids is 1. The van der Waals surface area contributed by atoms with Gasteiger partial charge in [-0.15, -0.1) is 12.6 Å². The molecule has 1 aromatic rings. The minimum Gasteiger partial charge on any atom is -0.481 e. The smallest absolute Gasteiger partial charge is 0.304 e. The van der Waals surface area contributed by atoms with Crippen LogP contribution in [-0.4, -0.2) is 43.7 Å². The summed E-state index contributed by atoms with van der Waals surface area (Å²) in [5.41, 5.74) is 7.04. The molecule has 31 heavy (non-hydrogen) atoms. The SMILES string of the molecule is CS(=O)(=O)/C(C/C=C\N)=C1\C=C2C(CC(=O)O)CCCN2C1.Sc1cccc(Cl)c1Cl. The highest BCUT2D eigenvalue weighted by Gasteiger charge is 2.32. The summed E-state index contributed by atoms with van der Waals surface area (Å²) >= 11 is 15.4. The molecule has 1 fully saturated rings. The van der Waals surface area contributed by atoms with E-state index in [1.807, 2.05) is 6.08 Å². The number of nitrogens with two attached hydrogens (primary N) is 1. The number of halogens is 2. The van der Waals surface area contributed by atoms with Gasteiger partial charge in [0.1, 0.15) is 0 Å². The van der Waals surface area contributed by atoms with Crippen LogP contribution < -0.4 is 5.73 Å². The van der Waals surface area contributed by atoms with Crippen LogP contribution in [0.3, 0.4) is 0 Å². The van der Waals surface area contributed by atoms with E-state index in [-0.39, 0.29) is 18.8 Å². The summed E-state index contributed by atoms with van der Waals surface area (Å²) in [6.07, 6.45) is 8.15. The number of carboxylic acid groups (broad SMARTS) is 1. The quantitative estimate of drug-likeness (QED) is 0.509. The van der Waals surface area contributed by atoms with Crippen molar-refractivity contribution >= 4 is 51.6 Å². The van der Waals surface area contributed by atoms with E-state index in [1.165, 1.54) is 12.5 Å². The van der Waals surface area contributed by atoms with E-state index in [4.69, 9.17) is 34.0 Å². The summed E-state index contributed by atoms with van der Waals surface area (Å²) in [6.45, 7) is 1.38. The second kappa shape index (κ2) is 11.3. The van der Waals surface area contributed by atoms with Crippen molar-refractivity contribution in [2.24, 2.45) is 11.7 Å². The molecule has 2 aliphatic rings. The summed E-state index contributed by atoms with van der Waals surface area (Å²) < 4.78 is 24.0. The van der Waals surface area contributed by atoms with Crippen LogP contribution in [0.5, 0.6) is 0 Å². The fraction of sp³-hybridized carbons (Fsp3) is 0.381. The highest BCUT2D eigenvalue weighted by molar-refractivity contribution is 7.94. The molecule has 2 aliphatic heterocycles. The molecular formula is C21H26Cl2N2O4S2. The van der Waals surface area contributed by atoms with Gasteiger partial charge in [-0.05, 0) is 42.8 Å². The Hall–Kier alpha value is -1.61. The molecule has 2 heterocycles. The van der Waals surface area contributed by atoms with Crippen LogP contribution in [0.1, 0.15) is 25.7 Å². The Balaban J connectivity index is 0.000000316. The number of allylic oxidation sites excluding steroid dienone is 3. The first-order chi connectivity index (χ1) is 14.5. The molecule has 170 valence electrons. The zero-order chi connectivity index (χ0) is 23.2. The minimum absolute atomic E-state index is 0.0328. The summed E-state index contributed by atoms with van der Waals surface area (Å²) in [6, 6.07) is 5.32. The highest BCUT2D eigenvalue weighted by atomic mass is 35.5. The Labute approximate surface area is 198 Å². The van der Waals surface area contributed by atoms with Gasteiger partial charge in [0.05, 0.1) is 21.4 Å². The summed E-state index contributed by atoms with van der Waals surface area (Å²) in [5.74, 6) is -0.853. The van der Waals surface area contributed by atoms with Gasteiger partial charge in [-0.3, -0.25) is 4.79 Å². The first-order valence-corrected chi connectivity index (χ1v) is 12.7. The molecule has 0 radical (unpaired) electrons. The standard InChI is InChI=1S/C15H22N2O4S.C6H4Cl2S/c1-22(20,21)14(5-2-6-16)12-8-13-11(9-15(18)19)4-3-7-17(13)10-12;7-4-2-1-3-5(9)6(4)8/h2,6,8,11H,3-5,7,9-10,16H2,1H3,(H,18,19);1-3,9H/b6-2-,14-12+;. The largest absolute Gasteiger partial charge is 0.481 e. The third-order valence-electron chi connectivity index (χ3n) is 5.04. The molecule has 1 saturated heterocycles. The number of thiol groups is 1. The topological polar surface area (TPSA) is 101 Å². The predicted molar refractivity (Wildman–Crippen MR) is 128 cm³/mol. The average Bonchev–Trinajstić information content (AvgIpc) is 3.10. The monoisotopic (exact) mass is 504 g/mol. The van der Waals surface area contributed by atoms with Gasteiger partial charge in [0.15, 0.2) is 9.84 Å². The van der Waals surface area contributed by atoms with Crippen molar-refractivity contribution in [1.29, 1.82) is 0 Å². The van der Waals surface area contributed by atoms with Crippen molar-refractivity contribution in [1.82, 2.24) is 4.90 Å². The van der Waals surface area contributed by atoms with Gasteiger partial charge in [-0.1, -0.05) is 35.3 Å². The molecule has 1 atom stereocenters. The van der Waals surface area contributed by atoms with Crippen molar-refractivity contribution in [3.8, 4) is 0 Å². The maximum absolute atomic E-state index is 12.0. The number of nitrogens with zero attached hydrogens (tertiary/aromatic N) is 1. The van der Waals surface area contributed by atoms with Gasteiger partial charge in [-0.25, -0.2) is 8.42 Å². The van der Waals surface area contributed by atoms with Crippen LogP contribution in [-0.2, 0) is 14.6 Å². The zero-order valence-electron chi connectivity index (χ0n) is 17.1. The van der Waals surface area contributed by atoms with Crippen molar-refractivity contribution < 1.29 is 18.3 Å². The average molecular weight is 505 g/mol. The lowest BCUT2D eigenvalue weighted by Crippen LogP contribution is -2.31. The van der Waals surface area contributed by atoms with E-state index >= 15 is 0 Å². The lowest BCUT2D eigenvalue weighted by molar-refractivity contribution is -0.138. The number of sulfone groups is 1. The van der Waals surface area contributed by atoms with Gasteiger partial charge in [0, 0.05) is 42.3 Å². The van der Waals surface area contributed by atoms with Gasteiger partial charge in [0.2, 0.25) is 0 Å².